The minimum atomic E-state index is 0.215. The van der Waals surface area contributed by atoms with E-state index in [0.29, 0.717) is 0 Å². The van der Waals surface area contributed by atoms with Crippen LogP contribution in [0, 0.1) is 11.8 Å². The van der Waals surface area contributed by atoms with Crippen LogP contribution in [0.5, 0.6) is 5.75 Å². The highest BCUT2D eigenvalue weighted by Crippen LogP contribution is 2.31. The average molecular weight is 301 g/mol. The van der Waals surface area contributed by atoms with E-state index < -0.39 is 0 Å². The summed E-state index contributed by atoms with van der Waals surface area (Å²) >= 11 is 0. The second-order valence-corrected chi connectivity index (χ2v) is 8.27. The highest BCUT2D eigenvalue weighted by atomic mass is 16.5. The van der Waals surface area contributed by atoms with Crippen molar-refractivity contribution >= 4 is 0 Å². The number of piperidine rings is 1. The second kappa shape index (κ2) is 6.62. The van der Waals surface area contributed by atoms with Gasteiger partial charge in [-0.25, -0.2) is 0 Å². The Morgan fingerprint density at radius 2 is 1.59 bits per heavy atom. The summed E-state index contributed by atoms with van der Waals surface area (Å²) in [5.74, 6) is 2.78. The molecule has 0 aromatic heterocycles. The molecular weight excluding hydrogens is 270 g/mol. The van der Waals surface area contributed by atoms with Crippen LogP contribution in [0.4, 0.5) is 0 Å². The van der Waals surface area contributed by atoms with Gasteiger partial charge in [0.05, 0.1) is 6.61 Å². The van der Waals surface area contributed by atoms with Crippen LogP contribution in [-0.2, 0) is 5.41 Å². The summed E-state index contributed by atoms with van der Waals surface area (Å²) < 4.78 is 6.02. The molecule has 2 nitrogen and oxygen atoms in total. The van der Waals surface area contributed by atoms with Crippen molar-refractivity contribution in [2.24, 2.45) is 11.8 Å². The molecule has 0 spiro atoms. The monoisotopic (exact) mass is 301 g/mol. The molecule has 2 aliphatic rings. The molecule has 1 saturated heterocycles. The minimum absolute atomic E-state index is 0.215. The van der Waals surface area contributed by atoms with Crippen LogP contribution in [0.25, 0.3) is 0 Å². The zero-order valence-electron chi connectivity index (χ0n) is 14.5. The Bertz CT molecular complexity index is 461. The van der Waals surface area contributed by atoms with Crippen LogP contribution < -0.4 is 4.74 Å². The third-order valence-electron chi connectivity index (χ3n) is 5.13. The van der Waals surface area contributed by atoms with Gasteiger partial charge in [0.2, 0.25) is 0 Å². The Kier molecular flexibility index (Phi) is 4.77. The van der Waals surface area contributed by atoms with Gasteiger partial charge < -0.3 is 9.64 Å². The van der Waals surface area contributed by atoms with Crippen molar-refractivity contribution in [1.29, 1.82) is 0 Å². The van der Waals surface area contributed by atoms with Gasteiger partial charge in [-0.1, -0.05) is 32.9 Å². The van der Waals surface area contributed by atoms with E-state index >= 15 is 0 Å². The van der Waals surface area contributed by atoms with E-state index in [0.717, 1.165) is 24.2 Å². The molecule has 1 heterocycles. The highest BCUT2D eigenvalue weighted by molar-refractivity contribution is 5.31. The first-order valence-electron chi connectivity index (χ1n) is 8.96. The van der Waals surface area contributed by atoms with Crippen LogP contribution in [0.3, 0.4) is 0 Å². The van der Waals surface area contributed by atoms with Crippen molar-refractivity contribution in [3.63, 3.8) is 0 Å². The van der Waals surface area contributed by atoms with Gasteiger partial charge >= 0.3 is 0 Å². The van der Waals surface area contributed by atoms with Crippen molar-refractivity contribution in [1.82, 2.24) is 4.90 Å². The Labute approximate surface area is 135 Å². The first kappa shape index (κ1) is 15.9. The van der Waals surface area contributed by atoms with E-state index in [1.54, 1.807) is 0 Å². The standard InChI is InChI=1S/C20H31NO/c1-20(2,3)18-6-8-19(9-7-18)22-15-17-10-12-21(13-11-17)14-16-4-5-16/h6-9,16-17H,4-5,10-15H2,1-3H3. The highest BCUT2D eigenvalue weighted by Gasteiger charge is 2.27. The molecule has 1 aliphatic heterocycles. The van der Waals surface area contributed by atoms with E-state index in [9.17, 15) is 0 Å². The van der Waals surface area contributed by atoms with Gasteiger partial charge in [-0.2, -0.15) is 0 Å². The predicted octanol–water partition coefficient (Wildman–Crippen LogP) is 4.48. The molecule has 0 unspecified atom stereocenters. The van der Waals surface area contributed by atoms with Gasteiger partial charge in [0.25, 0.3) is 0 Å². The second-order valence-electron chi connectivity index (χ2n) is 8.27. The fourth-order valence-electron chi connectivity index (χ4n) is 3.27. The average Bonchev–Trinajstić information content (AvgIpc) is 3.30. The fraction of sp³-hybridized carbons (Fsp3) is 0.700. The lowest BCUT2D eigenvalue weighted by molar-refractivity contribution is 0.138. The maximum atomic E-state index is 6.02. The van der Waals surface area contributed by atoms with Gasteiger partial charge in [0.15, 0.2) is 0 Å². The van der Waals surface area contributed by atoms with Crippen LogP contribution in [0.15, 0.2) is 24.3 Å². The fourth-order valence-corrected chi connectivity index (χ4v) is 3.27. The van der Waals surface area contributed by atoms with Crippen LogP contribution in [0.2, 0.25) is 0 Å². The van der Waals surface area contributed by atoms with Crippen molar-refractivity contribution in [2.45, 2.75) is 51.9 Å². The molecule has 1 aromatic rings. The molecule has 0 radical (unpaired) electrons. The van der Waals surface area contributed by atoms with E-state index in [1.165, 1.54) is 50.9 Å². The molecule has 0 N–H and O–H groups in total. The Morgan fingerprint density at radius 3 is 2.14 bits per heavy atom. The number of benzene rings is 1. The SMILES string of the molecule is CC(C)(C)c1ccc(OCC2CCN(CC3CC3)CC2)cc1. The zero-order chi connectivity index (χ0) is 15.6. The normalized spacial score (nSPS) is 21.0. The molecule has 22 heavy (non-hydrogen) atoms. The van der Waals surface area contributed by atoms with Gasteiger partial charge in [-0.3, -0.25) is 0 Å². The molecule has 122 valence electrons. The van der Waals surface area contributed by atoms with Gasteiger partial charge in [-0.05, 0) is 73.7 Å². The molecule has 0 amide bonds. The molecule has 1 saturated carbocycles. The number of ether oxygens (including phenoxy) is 1. The summed E-state index contributed by atoms with van der Waals surface area (Å²) in [6.45, 7) is 11.5. The number of nitrogens with zero attached hydrogens (tertiary/aromatic N) is 1. The third-order valence-corrected chi connectivity index (χ3v) is 5.13. The van der Waals surface area contributed by atoms with E-state index in [1.807, 2.05) is 0 Å². The number of rotatable bonds is 5. The van der Waals surface area contributed by atoms with E-state index in [2.05, 4.69) is 49.9 Å². The van der Waals surface area contributed by atoms with Crippen LogP contribution >= 0.6 is 0 Å². The third kappa shape index (κ3) is 4.49. The lowest BCUT2D eigenvalue weighted by Gasteiger charge is -2.31. The predicted molar refractivity (Wildman–Crippen MR) is 92.5 cm³/mol. The van der Waals surface area contributed by atoms with Crippen molar-refractivity contribution in [3.05, 3.63) is 29.8 Å². The van der Waals surface area contributed by atoms with E-state index in [-0.39, 0.29) is 5.41 Å². The molecule has 2 heteroatoms. The van der Waals surface area contributed by atoms with Gasteiger partial charge in [-0.15, -0.1) is 0 Å². The summed E-state index contributed by atoms with van der Waals surface area (Å²) in [7, 11) is 0. The lowest BCUT2D eigenvalue weighted by atomic mass is 9.87. The van der Waals surface area contributed by atoms with Crippen LogP contribution in [-0.4, -0.2) is 31.1 Å². The van der Waals surface area contributed by atoms with E-state index in [4.69, 9.17) is 4.74 Å². The molecule has 1 aliphatic carbocycles. The van der Waals surface area contributed by atoms with Crippen molar-refractivity contribution in [2.75, 3.05) is 26.2 Å². The van der Waals surface area contributed by atoms with Crippen molar-refractivity contribution in [3.8, 4) is 5.75 Å². The minimum Gasteiger partial charge on any atom is -0.493 e. The van der Waals surface area contributed by atoms with Gasteiger partial charge in [0.1, 0.15) is 5.75 Å². The maximum absolute atomic E-state index is 6.02. The van der Waals surface area contributed by atoms with Gasteiger partial charge in [0, 0.05) is 6.54 Å². The summed E-state index contributed by atoms with van der Waals surface area (Å²) in [6, 6.07) is 8.66. The van der Waals surface area contributed by atoms with Crippen LogP contribution in [0.1, 0.15) is 52.0 Å². The lowest BCUT2D eigenvalue weighted by Crippen LogP contribution is -2.36. The Hall–Kier alpha value is -1.02. The summed E-state index contributed by atoms with van der Waals surface area (Å²) in [6.07, 6.45) is 5.53. The Balaban J connectivity index is 1.41. The smallest absolute Gasteiger partial charge is 0.119 e. The number of hydrogen-bond donors (Lipinski definition) is 0. The first-order chi connectivity index (χ1) is 10.5. The Morgan fingerprint density at radius 1 is 0.955 bits per heavy atom. The molecular formula is C20H31NO. The zero-order valence-corrected chi connectivity index (χ0v) is 14.5. The number of likely N-dealkylation sites (tertiary alicyclic amines) is 1. The molecule has 0 atom stereocenters. The summed E-state index contributed by atoms with van der Waals surface area (Å²) in [4.78, 5) is 2.66. The summed E-state index contributed by atoms with van der Waals surface area (Å²) in [5.41, 5.74) is 1.58. The largest absolute Gasteiger partial charge is 0.493 e. The number of hydrogen-bond acceptors (Lipinski definition) is 2. The molecule has 1 aromatic carbocycles. The summed E-state index contributed by atoms with van der Waals surface area (Å²) in [5, 5.41) is 0. The molecule has 3 rings (SSSR count). The van der Waals surface area contributed by atoms with Crippen molar-refractivity contribution < 1.29 is 4.74 Å². The molecule has 2 fully saturated rings. The topological polar surface area (TPSA) is 12.5 Å². The quantitative estimate of drug-likeness (QED) is 0.795. The maximum Gasteiger partial charge on any atom is 0.119 e. The first-order valence-corrected chi connectivity index (χ1v) is 8.96. The molecule has 0 bridgehead atoms.